The summed E-state index contributed by atoms with van der Waals surface area (Å²) in [5.74, 6) is 0.431. The van der Waals surface area contributed by atoms with Crippen LogP contribution in [0.3, 0.4) is 0 Å². The number of carbonyl (C=O) groups excluding carboxylic acids is 1. The van der Waals surface area contributed by atoms with Gasteiger partial charge in [-0.3, -0.25) is 14.5 Å². The second kappa shape index (κ2) is 6.57. The van der Waals surface area contributed by atoms with Crippen LogP contribution in [0.1, 0.15) is 44.6 Å². The molecule has 0 aliphatic carbocycles. The number of anilines is 1. The largest absolute Gasteiger partial charge is 0.450 e. The van der Waals surface area contributed by atoms with Crippen LogP contribution in [0, 0.1) is 20.8 Å². The number of hydrogen-bond acceptors (Lipinski definition) is 5. The Morgan fingerprint density at radius 1 is 1.03 bits per heavy atom. The van der Waals surface area contributed by atoms with E-state index in [-0.39, 0.29) is 16.8 Å². The van der Waals surface area contributed by atoms with Crippen LogP contribution in [0.5, 0.6) is 0 Å². The zero-order valence-corrected chi connectivity index (χ0v) is 17.3. The van der Waals surface area contributed by atoms with E-state index in [2.05, 4.69) is 5.16 Å². The number of halogens is 1. The average Bonchev–Trinajstić information content (AvgIpc) is 3.25. The van der Waals surface area contributed by atoms with Gasteiger partial charge < -0.3 is 8.94 Å². The zero-order chi connectivity index (χ0) is 21.2. The van der Waals surface area contributed by atoms with E-state index < -0.39 is 11.9 Å². The molecular weight excluding hydrogens is 404 g/mol. The van der Waals surface area contributed by atoms with Gasteiger partial charge in [0.05, 0.1) is 17.0 Å². The molecule has 7 heteroatoms. The summed E-state index contributed by atoms with van der Waals surface area (Å²) in [5.41, 5.74) is 3.06. The molecule has 3 heterocycles. The number of hydrogen-bond donors (Lipinski definition) is 0. The topological polar surface area (TPSA) is 76.6 Å². The Bertz CT molecular complexity index is 1400. The molecule has 1 atom stereocenters. The van der Waals surface area contributed by atoms with Gasteiger partial charge in [0.25, 0.3) is 5.91 Å². The summed E-state index contributed by atoms with van der Waals surface area (Å²) in [4.78, 5) is 28.4. The van der Waals surface area contributed by atoms with Crippen molar-refractivity contribution in [3.63, 3.8) is 0 Å². The van der Waals surface area contributed by atoms with Gasteiger partial charge in [-0.2, -0.15) is 0 Å². The maximum Gasteiger partial charge on any atom is 0.296 e. The standard InChI is InChI=1S/C23H17ClN2O4/c1-11-7-16-17(8-12(11)2)29-22-19(21(16)27)20(14-5-4-6-15(24)10-14)26(23(22)28)18-9-13(3)30-25-18/h4-10,20H,1-3H3/t20-/m1/s1. The second-order valence-electron chi connectivity index (χ2n) is 7.54. The molecule has 0 saturated carbocycles. The Balaban J connectivity index is 1.84. The number of aromatic nitrogens is 1. The van der Waals surface area contributed by atoms with Crippen molar-refractivity contribution >= 4 is 34.3 Å². The molecule has 0 unspecified atom stereocenters. The molecule has 0 radical (unpaired) electrons. The van der Waals surface area contributed by atoms with E-state index in [0.717, 1.165) is 11.1 Å². The maximum absolute atomic E-state index is 13.6. The van der Waals surface area contributed by atoms with Crippen molar-refractivity contribution in [2.24, 2.45) is 0 Å². The minimum absolute atomic E-state index is 0.0152. The number of nitrogens with zero attached hydrogens (tertiary/aromatic N) is 2. The molecule has 0 N–H and O–H groups in total. The Morgan fingerprint density at radius 2 is 1.80 bits per heavy atom. The molecule has 1 amide bonds. The summed E-state index contributed by atoms with van der Waals surface area (Å²) in [6.07, 6.45) is 0. The number of rotatable bonds is 2. The molecule has 4 aromatic rings. The van der Waals surface area contributed by atoms with E-state index >= 15 is 0 Å². The first-order valence-corrected chi connectivity index (χ1v) is 9.83. The third-order valence-corrected chi connectivity index (χ3v) is 5.75. The molecule has 2 aromatic carbocycles. The van der Waals surface area contributed by atoms with Crippen LogP contribution in [0.25, 0.3) is 11.0 Å². The number of fused-ring (bicyclic) bond motifs is 2. The predicted octanol–water partition coefficient (Wildman–Crippen LogP) is 5.11. The molecule has 0 fully saturated rings. The van der Waals surface area contributed by atoms with Gasteiger partial charge in [-0.1, -0.05) is 28.9 Å². The Morgan fingerprint density at radius 3 is 2.50 bits per heavy atom. The highest BCUT2D eigenvalue weighted by molar-refractivity contribution is 6.30. The molecule has 0 bridgehead atoms. The summed E-state index contributed by atoms with van der Waals surface area (Å²) in [6.45, 7) is 5.61. The van der Waals surface area contributed by atoms with Crippen molar-refractivity contribution < 1.29 is 13.7 Å². The highest BCUT2D eigenvalue weighted by Crippen LogP contribution is 2.41. The van der Waals surface area contributed by atoms with Gasteiger partial charge >= 0.3 is 0 Å². The number of carbonyl (C=O) groups is 1. The fourth-order valence-electron chi connectivity index (χ4n) is 3.92. The zero-order valence-electron chi connectivity index (χ0n) is 16.5. The summed E-state index contributed by atoms with van der Waals surface area (Å²) < 4.78 is 11.2. The Kier molecular flexibility index (Phi) is 4.08. The number of benzene rings is 2. The molecule has 30 heavy (non-hydrogen) atoms. The Hall–Kier alpha value is -3.38. The highest BCUT2D eigenvalue weighted by atomic mass is 35.5. The monoisotopic (exact) mass is 420 g/mol. The quantitative estimate of drug-likeness (QED) is 0.450. The highest BCUT2D eigenvalue weighted by Gasteiger charge is 2.45. The summed E-state index contributed by atoms with van der Waals surface area (Å²) in [6, 6.07) is 11.6. The van der Waals surface area contributed by atoms with Crippen molar-refractivity contribution in [3.05, 3.63) is 91.5 Å². The molecule has 2 aromatic heterocycles. The van der Waals surface area contributed by atoms with E-state index in [1.54, 1.807) is 43.3 Å². The normalized spacial score (nSPS) is 15.8. The lowest BCUT2D eigenvalue weighted by Crippen LogP contribution is -2.29. The van der Waals surface area contributed by atoms with Gasteiger partial charge in [-0.05, 0) is 61.7 Å². The molecule has 0 spiro atoms. The van der Waals surface area contributed by atoms with Crippen molar-refractivity contribution in [2.75, 3.05) is 4.90 Å². The average molecular weight is 421 g/mol. The summed E-state index contributed by atoms with van der Waals surface area (Å²) >= 11 is 6.22. The van der Waals surface area contributed by atoms with Gasteiger partial charge in [-0.25, -0.2) is 0 Å². The first-order chi connectivity index (χ1) is 14.3. The van der Waals surface area contributed by atoms with Gasteiger partial charge in [0.15, 0.2) is 11.2 Å². The SMILES string of the molecule is Cc1cc(N2C(=O)c3oc4cc(C)c(C)cc4c(=O)c3[C@H]2c2cccc(Cl)c2)no1. The van der Waals surface area contributed by atoms with Crippen LogP contribution < -0.4 is 10.3 Å². The predicted molar refractivity (Wildman–Crippen MR) is 113 cm³/mol. The maximum atomic E-state index is 13.6. The van der Waals surface area contributed by atoms with Crippen LogP contribution in [0.4, 0.5) is 5.82 Å². The lowest BCUT2D eigenvalue weighted by Gasteiger charge is -2.22. The molecule has 0 saturated heterocycles. The van der Waals surface area contributed by atoms with E-state index in [0.29, 0.717) is 33.1 Å². The minimum atomic E-state index is -0.724. The Labute approximate surface area is 176 Å². The fourth-order valence-corrected chi connectivity index (χ4v) is 4.12. The molecule has 150 valence electrons. The molecule has 5 rings (SSSR count). The van der Waals surface area contributed by atoms with Crippen LogP contribution in [0.2, 0.25) is 5.02 Å². The second-order valence-corrected chi connectivity index (χ2v) is 7.97. The van der Waals surface area contributed by atoms with E-state index in [9.17, 15) is 9.59 Å². The van der Waals surface area contributed by atoms with E-state index in [4.69, 9.17) is 20.5 Å². The van der Waals surface area contributed by atoms with Crippen molar-refractivity contribution in [1.82, 2.24) is 5.16 Å². The van der Waals surface area contributed by atoms with Gasteiger partial charge in [0.2, 0.25) is 5.76 Å². The van der Waals surface area contributed by atoms with Crippen LogP contribution in [0.15, 0.2) is 56.2 Å². The number of amides is 1. The lowest BCUT2D eigenvalue weighted by atomic mass is 9.97. The van der Waals surface area contributed by atoms with Crippen LogP contribution >= 0.6 is 11.6 Å². The van der Waals surface area contributed by atoms with Gasteiger partial charge in [0.1, 0.15) is 11.3 Å². The first-order valence-electron chi connectivity index (χ1n) is 9.45. The third kappa shape index (κ3) is 2.68. The number of aryl methyl sites for hydroxylation is 3. The van der Waals surface area contributed by atoms with Gasteiger partial charge in [0, 0.05) is 11.1 Å². The first kappa shape index (κ1) is 18.6. The summed E-state index contributed by atoms with van der Waals surface area (Å²) in [5, 5.41) is 4.95. The molecule has 1 aliphatic heterocycles. The third-order valence-electron chi connectivity index (χ3n) is 5.51. The molecular formula is C23H17ClN2O4. The molecule has 6 nitrogen and oxygen atoms in total. The lowest BCUT2D eigenvalue weighted by molar-refractivity contribution is 0.0969. The summed E-state index contributed by atoms with van der Waals surface area (Å²) in [7, 11) is 0. The van der Waals surface area contributed by atoms with Gasteiger partial charge in [-0.15, -0.1) is 0 Å². The minimum Gasteiger partial charge on any atom is -0.450 e. The van der Waals surface area contributed by atoms with Crippen molar-refractivity contribution in [1.29, 1.82) is 0 Å². The van der Waals surface area contributed by atoms with Crippen molar-refractivity contribution in [2.45, 2.75) is 26.8 Å². The van der Waals surface area contributed by atoms with Crippen LogP contribution in [-0.4, -0.2) is 11.1 Å². The van der Waals surface area contributed by atoms with E-state index in [1.807, 2.05) is 19.9 Å². The van der Waals surface area contributed by atoms with Crippen molar-refractivity contribution in [3.8, 4) is 0 Å². The van der Waals surface area contributed by atoms with Crippen LogP contribution in [-0.2, 0) is 0 Å². The van der Waals surface area contributed by atoms with E-state index in [1.165, 1.54) is 4.90 Å². The fraction of sp³-hybridized carbons (Fsp3) is 0.174. The smallest absolute Gasteiger partial charge is 0.296 e. The molecule has 1 aliphatic rings.